The lowest BCUT2D eigenvalue weighted by molar-refractivity contribution is -0.339. The van der Waals surface area contributed by atoms with Crippen LogP contribution in [0.15, 0.2) is 0 Å². The second-order valence-electron chi connectivity index (χ2n) is 5.62. The average Bonchev–Trinajstić information content (AvgIpc) is 2.84. The van der Waals surface area contributed by atoms with Gasteiger partial charge in [-0.2, -0.15) is 0 Å². The maximum atomic E-state index is 12.7. The number of aliphatic hydroxyl groups is 3. The van der Waals surface area contributed by atoms with Gasteiger partial charge in [0.15, 0.2) is 0 Å². The number of hydrogen-bond acceptors (Lipinski definition) is 9. The Morgan fingerprint density at radius 3 is 2.35 bits per heavy atom. The summed E-state index contributed by atoms with van der Waals surface area (Å²) in [4.78, 5) is 11.3. The Bertz CT molecular complexity index is 737. The number of carbonyl (C=O) groups is 1. The van der Waals surface area contributed by atoms with Gasteiger partial charge in [-0.05, 0) is 0 Å². The summed E-state index contributed by atoms with van der Waals surface area (Å²) >= 11 is 0. The maximum Gasteiger partial charge on any atom is 0.373 e. The third-order valence-electron chi connectivity index (χ3n) is 5.02. The zero-order valence-electron chi connectivity index (χ0n) is 9.89. The molecule has 20 heavy (non-hydrogen) atoms. The first kappa shape index (κ1) is 12.3. The van der Waals surface area contributed by atoms with Gasteiger partial charge >= 0.3 is 13.5 Å². The van der Waals surface area contributed by atoms with E-state index in [1.54, 1.807) is 0 Å². The summed E-state index contributed by atoms with van der Waals surface area (Å²) in [5.74, 6) is -2.87. The number of amides is 1. The zero-order chi connectivity index (χ0) is 14.6. The SMILES string of the molecule is CC(=O)NC12O[C@@]3(CO)[C@]4(O)[C@]5(O)[C@]1(OP3(=O)O2)P45=O. The van der Waals surface area contributed by atoms with Crippen LogP contribution in [-0.4, -0.2) is 55.1 Å². The first-order valence-corrected chi connectivity index (χ1v) is 9.01. The van der Waals surface area contributed by atoms with Crippen LogP contribution in [0.3, 0.4) is 0 Å². The predicted octanol–water partition coefficient (Wildman–Crippen LogP) is -1.79. The lowest BCUT2D eigenvalue weighted by Crippen LogP contribution is -2.78. The van der Waals surface area contributed by atoms with Gasteiger partial charge in [0, 0.05) is 6.92 Å². The van der Waals surface area contributed by atoms with E-state index in [0.29, 0.717) is 0 Å². The molecule has 7 saturated heterocycles. The molecule has 7 rings (SSSR count). The average molecular weight is 325 g/mol. The summed E-state index contributed by atoms with van der Waals surface area (Å²) in [6, 6.07) is 0. The first-order chi connectivity index (χ1) is 9.10. The number of ether oxygens (including phenoxy) is 1. The zero-order valence-corrected chi connectivity index (χ0v) is 11.7. The van der Waals surface area contributed by atoms with Crippen molar-refractivity contribution in [3.8, 4) is 0 Å². The van der Waals surface area contributed by atoms with Crippen molar-refractivity contribution in [1.82, 2.24) is 5.32 Å². The van der Waals surface area contributed by atoms with Crippen molar-refractivity contribution in [1.29, 1.82) is 0 Å². The van der Waals surface area contributed by atoms with Crippen molar-refractivity contribution in [2.75, 3.05) is 6.61 Å². The molecule has 5 bridgehead atoms. The van der Waals surface area contributed by atoms with Gasteiger partial charge in [0.25, 0.3) is 0 Å². The molecule has 7 aliphatic heterocycles. The van der Waals surface area contributed by atoms with E-state index in [4.69, 9.17) is 13.8 Å². The molecule has 1 amide bonds. The van der Waals surface area contributed by atoms with Crippen molar-refractivity contribution in [3.05, 3.63) is 0 Å². The summed E-state index contributed by atoms with van der Waals surface area (Å²) in [6.07, 6.45) is 0. The van der Waals surface area contributed by atoms with Gasteiger partial charge in [0.2, 0.25) is 34.4 Å². The van der Waals surface area contributed by atoms with Gasteiger partial charge in [0.05, 0.1) is 6.61 Å². The van der Waals surface area contributed by atoms with Gasteiger partial charge < -0.3 is 29.9 Å². The van der Waals surface area contributed by atoms with E-state index >= 15 is 0 Å². The molecule has 1 spiro atoms. The van der Waals surface area contributed by atoms with E-state index in [9.17, 15) is 29.2 Å². The highest BCUT2D eigenvalue weighted by molar-refractivity contribution is 7.88. The molecular weight excluding hydrogens is 316 g/mol. The van der Waals surface area contributed by atoms with Crippen LogP contribution in [0.25, 0.3) is 0 Å². The summed E-state index contributed by atoms with van der Waals surface area (Å²) < 4.78 is 41.0. The third-order valence-corrected chi connectivity index (χ3v) is 12.1. The molecular formula is C8H9NO9P2. The first-order valence-electron chi connectivity index (χ1n) is 5.76. The van der Waals surface area contributed by atoms with Gasteiger partial charge in [-0.3, -0.25) is 13.9 Å². The lowest BCUT2D eigenvalue weighted by Gasteiger charge is -2.53. The number of carbonyl (C=O) groups excluding carboxylic acids is 1. The van der Waals surface area contributed by atoms with Gasteiger partial charge in [0.1, 0.15) is 0 Å². The molecule has 110 valence electrons. The van der Waals surface area contributed by atoms with Crippen LogP contribution in [0, 0.1) is 0 Å². The molecule has 7 aliphatic rings. The van der Waals surface area contributed by atoms with Crippen LogP contribution >= 0.6 is 14.7 Å². The van der Waals surface area contributed by atoms with Crippen molar-refractivity contribution >= 4 is 20.6 Å². The minimum absolute atomic E-state index is 0.664. The van der Waals surface area contributed by atoms with Crippen LogP contribution in [0.5, 0.6) is 0 Å². The molecule has 0 aliphatic carbocycles. The summed E-state index contributed by atoms with van der Waals surface area (Å²) in [6.45, 7) is 0.0730. The molecule has 0 aromatic carbocycles. The van der Waals surface area contributed by atoms with Crippen molar-refractivity contribution in [3.63, 3.8) is 0 Å². The van der Waals surface area contributed by atoms with Gasteiger partial charge in [-0.15, -0.1) is 0 Å². The lowest BCUT2D eigenvalue weighted by atomic mass is 9.95. The van der Waals surface area contributed by atoms with E-state index in [1.807, 2.05) is 0 Å². The Balaban J connectivity index is 1.84. The van der Waals surface area contributed by atoms with E-state index in [2.05, 4.69) is 5.32 Å². The fourth-order valence-corrected chi connectivity index (χ4v) is 12.9. The Kier molecular flexibility index (Phi) is 1.45. The van der Waals surface area contributed by atoms with E-state index in [-0.39, 0.29) is 0 Å². The number of nitrogens with one attached hydrogen (secondary N) is 1. The van der Waals surface area contributed by atoms with Crippen LogP contribution in [0.2, 0.25) is 0 Å². The molecule has 12 heteroatoms. The van der Waals surface area contributed by atoms with E-state index in [0.717, 1.165) is 6.92 Å². The number of aliphatic hydroxyl groups excluding tert-OH is 1. The minimum atomic E-state index is -4.20. The van der Waals surface area contributed by atoms with E-state index in [1.165, 1.54) is 0 Å². The summed E-state index contributed by atoms with van der Waals surface area (Å²) in [5, 5.41) is 23.6. The monoisotopic (exact) mass is 325 g/mol. The standard InChI is InChI=1S/C8H9NO9P2/c1-3(11)9-8-7-6(13)5(12,19(6,7)14)4(2-10,16-8)20(15,17-7)18-8/h10,12-13H,2H2,1H3,(H,9,11)/t4-,5-,6-,7+,8?,19?,20?/m1/s1. The number of rotatable bonds is 2. The molecule has 0 aromatic heterocycles. The molecule has 0 radical (unpaired) electrons. The summed E-state index contributed by atoms with van der Waals surface area (Å²) in [7, 11) is -8.01. The topological polar surface area (TPSA) is 152 Å². The van der Waals surface area contributed by atoms with Crippen molar-refractivity contribution in [2.45, 2.75) is 34.2 Å². The fourth-order valence-electron chi connectivity index (χ4n) is 4.23. The van der Waals surface area contributed by atoms with Gasteiger partial charge in [-0.25, -0.2) is 4.52 Å². The molecule has 3 unspecified atom stereocenters. The Morgan fingerprint density at radius 2 is 1.85 bits per heavy atom. The second kappa shape index (κ2) is 2.37. The normalized spacial score (nSPS) is 73.6. The molecule has 7 heterocycles. The molecule has 0 saturated carbocycles. The Morgan fingerprint density at radius 1 is 1.25 bits per heavy atom. The second-order valence-corrected chi connectivity index (χ2v) is 10.8. The number of hydrogen-bond donors (Lipinski definition) is 4. The highest BCUT2D eigenvalue weighted by atomic mass is 31.2. The minimum Gasteiger partial charge on any atom is -0.393 e. The Hall–Kier alpha value is -0.310. The Labute approximate surface area is 110 Å². The predicted molar refractivity (Wildman–Crippen MR) is 57.5 cm³/mol. The molecule has 7 atom stereocenters. The van der Waals surface area contributed by atoms with Crippen LogP contribution < -0.4 is 5.32 Å². The van der Waals surface area contributed by atoms with Gasteiger partial charge in [-0.1, -0.05) is 0 Å². The molecule has 10 nitrogen and oxygen atoms in total. The third kappa shape index (κ3) is 0.561. The van der Waals surface area contributed by atoms with Crippen LogP contribution in [0.4, 0.5) is 0 Å². The molecule has 4 N–H and O–H groups in total. The smallest absolute Gasteiger partial charge is 0.373 e. The van der Waals surface area contributed by atoms with Crippen LogP contribution in [-0.2, 0) is 27.7 Å². The molecule has 7 fully saturated rings. The largest absolute Gasteiger partial charge is 0.393 e. The van der Waals surface area contributed by atoms with E-state index < -0.39 is 54.5 Å². The van der Waals surface area contributed by atoms with Crippen molar-refractivity contribution < 1.29 is 43.0 Å². The maximum absolute atomic E-state index is 12.7. The highest BCUT2D eigenvalue weighted by Crippen LogP contribution is 3.25. The van der Waals surface area contributed by atoms with Crippen LogP contribution in [0.1, 0.15) is 6.92 Å². The quantitative estimate of drug-likeness (QED) is 0.431. The fraction of sp³-hybridized carbons (Fsp3) is 0.875. The highest BCUT2D eigenvalue weighted by Gasteiger charge is 3.33. The molecule has 0 aromatic rings. The van der Waals surface area contributed by atoms with Crippen molar-refractivity contribution in [2.24, 2.45) is 0 Å². The summed E-state index contributed by atoms with van der Waals surface area (Å²) in [5.41, 5.74) is 0.